The Morgan fingerprint density at radius 2 is 1.90 bits per heavy atom. The van der Waals surface area contributed by atoms with Crippen molar-refractivity contribution in [2.75, 3.05) is 6.26 Å². The molecule has 110 valence electrons. The number of rotatable bonds is 4. The molecule has 1 unspecified atom stereocenters. The number of pyridine rings is 1. The van der Waals surface area contributed by atoms with Gasteiger partial charge in [-0.05, 0) is 36.9 Å². The third kappa shape index (κ3) is 3.58. The van der Waals surface area contributed by atoms with Crippen LogP contribution in [-0.4, -0.2) is 17.1 Å². The van der Waals surface area contributed by atoms with Crippen molar-refractivity contribution in [2.24, 2.45) is 0 Å². The van der Waals surface area contributed by atoms with Crippen LogP contribution in [0.4, 0.5) is 8.78 Å². The van der Waals surface area contributed by atoms with Crippen LogP contribution in [0.15, 0.2) is 41.4 Å². The van der Waals surface area contributed by atoms with E-state index in [9.17, 15) is 13.6 Å². The zero-order valence-corrected chi connectivity index (χ0v) is 12.4. The molecule has 3 nitrogen and oxygen atoms in total. The van der Waals surface area contributed by atoms with E-state index in [1.165, 1.54) is 0 Å². The van der Waals surface area contributed by atoms with Gasteiger partial charge in [0.15, 0.2) is 5.82 Å². The fourth-order valence-corrected chi connectivity index (χ4v) is 2.25. The minimum atomic E-state index is -1.28. The zero-order valence-electron chi connectivity index (χ0n) is 11.6. The van der Waals surface area contributed by atoms with E-state index in [-0.39, 0.29) is 11.6 Å². The fourth-order valence-electron chi connectivity index (χ4n) is 1.84. The third-order valence-electron chi connectivity index (χ3n) is 3.05. The topological polar surface area (TPSA) is 42.0 Å². The van der Waals surface area contributed by atoms with Crippen LogP contribution in [0.25, 0.3) is 0 Å². The Bertz CT molecular complexity index is 647. The first-order chi connectivity index (χ1) is 10.0. The lowest BCUT2D eigenvalue weighted by molar-refractivity contribution is 0.0934. The molecule has 1 heterocycles. The van der Waals surface area contributed by atoms with Crippen molar-refractivity contribution in [1.82, 2.24) is 10.3 Å². The molecule has 1 atom stereocenters. The lowest BCUT2D eigenvalue weighted by atomic mass is 10.1. The van der Waals surface area contributed by atoms with Gasteiger partial charge >= 0.3 is 0 Å². The van der Waals surface area contributed by atoms with Gasteiger partial charge in [-0.15, -0.1) is 11.8 Å². The Hall–Kier alpha value is -1.95. The molecule has 0 saturated carbocycles. The molecule has 0 bridgehead atoms. The molecule has 0 aliphatic heterocycles. The highest BCUT2D eigenvalue weighted by Gasteiger charge is 2.18. The van der Waals surface area contributed by atoms with Crippen LogP contribution in [0.1, 0.15) is 28.9 Å². The van der Waals surface area contributed by atoms with Gasteiger partial charge in [-0.1, -0.05) is 12.1 Å². The number of thioether (sulfide) groups is 1. The molecule has 0 fully saturated rings. The van der Waals surface area contributed by atoms with Crippen LogP contribution >= 0.6 is 11.8 Å². The first-order valence-corrected chi connectivity index (χ1v) is 7.50. The number of nitrogens with one attached hydrogen (secondary N) is 1. The standard InChI is InChI=1S/C15H14F2N2OS/c1-9(10-3-5-11(21-2)6-4-10)19-15(20)12-7-8-18-14(17)13(12)16/h3-9H,1-2H3,(H,19,20). The molecule has 1 aromatic heterocycles. The van der Waals surface area contributed by atoms with Crippen molar-refractivity contribution in [2.45, 2.75) is 17.9 Å². The van der Waals surface area contributed by atoms with Crippen LogP contribution in [0.3, 0.4) is 0 Å². The van der Waals surface area contributed by atoms with E-state index in [1.54, 1.807) is 18.7 Å². The molecular weight excluding hydrogens is 294 g/mol. The van der Waals surface area contributed by atoms with Gasteiger partial charge in [0.25, 0.3) is 5.91 Å². The first kappa shape index (κ1) is 15.4. The van der Waals surface area contributed by atoms with E-state index >= 15 is 0 Å². The van der Waals surface area contributed by atoms with E-state index < -0.39 is 17.7 Å². The van der Waals surface area contributed by atoms with Crippen LogP contribution < -0.4 is 5.32 Å². The Kier molecular flexibility index (Phi) is 4.90. The minimum absolute atomic E-state index is 0.316. The summed E-state index contributed by atoms with van der Waals surface area (Å²) < 4.78 is 26.5. The lowest BCUT2D eigenvalue weighted by Crippen LogP contribution is -2.27. The predicted molar refractivity (Wildman–Crippen MR) is 78.3 cm³/mol. The van der Waals surface area contributed by atoms with Gasteiger partial charge in [0.2, 0.25) is 5.95 Å². The van der Waals surface area contributed by atoms with Gasteiger partial charge < -0.3 is 5.32 Å². The number of amides is 1. The van der Waals surface area contributed by atoms with Crippen LogP contribution in [-0.2, 0) is 0 Å². The summed E-state index contributed by atoms with van der Waals surface area (Å²) in [6.07, 6.45) is 3.03. The minimum Gasteiger partial charge on any atom is -0.345 e. The van der Waals surface area contributed by atoms with Gasteiger partial charge in [-0.2, -0.15) is 4.39 Å². The summed E-state index contributed by atoms with van der Waals surface area (Å²) in [5.74, 6) is -3.19. The van der Waals surface area contributed by atoms with Crippen molar-refractivity contribution >= 4 is 17.7 Å². The summed E-state index contributed by atoms with van der Waals surface area (Å²) >= 11 is 1.62. The summed E-state index contributed by atoms with van der Waals surface area (Å²) in [6.45, 7) is 1.78. The maximum Gasteiger partial charge on any atom is 0.254 e. The predicted octanol–water partition coefficient (Wildman–Crippen LogP) is 3.57. The second-order valence-corrected chi connectivity index (χ2v) is 5.31. The molecular formula is C15H14F2N2OS. The summed E-state index contributed by atoms with van der Waals surface area (Å²) in [7, 11) is 0. The zero-order chi connectivity index (χ0) is 15.4. The maximum atomic E-state index is 13.5. The highest BCUT2D eigenvalue weighted by Crippen LogP contribution is 2.19. The average molecular weight is 308 g/mol. The van der Waals surface area contributed by atoms with Crippen LogP contribution in [0.2, 0.25) is 0 Å². The number of carbonyl (C=O) groups is 1. The molecule has 2 aromatic rings. The molecule has 1 amide bonds. The van der Waals surface area contributed by atoms with Crippen LogP contribution in [0.5, 0.6) is 0 Å². The summed E-state index contributed by atoms with van der Waals surface area (Å²) in [6, 6.07) is 8.49. The normalized spacial score (nSPS) is 12.0. The van der Waals surface area contributed by atoms with E-state index in [1.807, 2.05) is 30.5 Å². The van der Waals surface area contributed by atoms with Gasteiger partial charge in [0, 0.05) is 11.1 Å². The van der Waals surface area contributed by atoms with E-state index in [0.29, 0.717) is 0 Å². The van der Waals surface area contributed by atoms with Crippen molar-refractivity contribution in [3.8, 4) is 0 Å². The van der Waals surface area contributed by atoms with Crippen molar-refractivity contribution < 1.29 is 13.6 Å². The summed E-state index contributed by atoms with van der Waals surface area (Å²) in [4.78, 5) is 16.2. The molecule has 0 aliphatic rings. The molecule has 6 heteroatoms. The van der Waals surface area contributed by atoms with Gasteiger partial charge in [-0.3, -0.25) is 4.79 Å². The van der Waals surface area contributed by atoms with Crippen molar-refractivity contribution in [1.29, 1.82) is 0 Å². The molecule has 0 radical (unpaired) electrons. The Balaban J connectivity index is 2.12. The Labute approximate surface area is 125 Å². The van der Waals surface area contributed by atoms with Crippen LogP contribution in [0, 0.1) is 11.8 Å². The van der Waals surface area contributed by atoms with E-state index in [4.69, 9.17) is 0 Å². The van der Waals surface area contributed by atoms with Gasteiger partial charge in [0.05, 0.1) is 11.6 Å². The molecule has 1 N–H and O–H groups in total. The van der Waals surface area contributed by atoms with Crippen molar-refractivity contribution in [3.05, 3.63) is 59.4 Å². The largest absolute Gasteiger partial charge is 0.345 e. The quantitative estimate of drug-likeness (QED) is 0.693. The highest BCUT2D eigenvalue weighted by atomic mass is 32.2. The van der Waals surface area contributed by atoms with Crippen molar-refractivity contribution in [3.63, 3.8) is 0 Å². The number of nitrogens with zero attached hydrogens (tertiary/aromatic N) is 1. The number of halogens is 2. The number of hydrogen-bond donors (Lipinski definition) is 1. The molecule has 0 spiro atoms. The summed E-state index contributed by atoms with van der Waals surface area (Å²) in [5, 5.41) is 2.64. The number of hydrogen-bond acceptors (Lipinski definition) is 3. The van der Waals surface area contributed by atoms with E-state index in [0.717, 1.165) is 22.7 Å². The molecule has 21 heavy (non-hydrogen) atoms. The second-order valence-electron chi connectivity index (χ2n) is 4.43. The number of carbonyl (C=O) groups excluding carboxylic acids is 1. The van der Waals surface area contributed by atoms with E-state index in [2.05, 4.69) is 10.3 Å². The molecule has 1 aromatic carbocycles. The highest BCUT2D eigenvalue weighted by molar-refractivity contribution is 7.98. The monoisotopic (exact) mass is 308 g/mol. The molecule has 0 aliphatic carbocycles. The van der Waals surface area contributed by atoms with Gasteiger partial charge in [-0.25, -0.2) is 9.37 Å². The molecule has 0 saturated heterocycles. The van der Waals surface area contributed by atoms with Gasteiger partial charge in [0.1, 0.15) is 0 Å². The first-order valence-electron chi connectivity index (χ1n) is 6.27. The fraction of sp³-hybridized carbons (Fsp3) is 0.200. The number of aromatic nitrogens is 1. The average Bonchev–Trinajstić information content (AvgIpc) is 2.50. The summed E-state index contributed by atoms with van der Waals surface area (Å²) in [5.41, 5.74) is 0.533. The SMILES string of the molecule is CSc1ccc(C(C)NC(=O)c2ccnc(F)c2F)cc1. The smallest absolute Gasteiger partial charge is 0.254 e. The lowest BCUT2D eigenvalue weighted by Gasteiger charge is -2.15. The second kappa shape index (κ2) is 6.67. The Morgan fingerprint density at radius 3 is 2.52 bits per heavy atom. The number of benzene rings is 1. The Morgan fingerprint density at radius 1 is 1.24 bits per heavy atom. The maximum absolute atomic E-state index is 13.5. The third-order valence-corrected chi connectivity index (χ3v) is 3.80. The molecule has 2 rings (SSSR count).